The number of rotatable bonds is 2. The zero-order chi connectivity index (χ0) is 6.69. The van der Waals surface area contributed by atoms with Crippen molar-refractivity contribution in [3.8, 4) is 0 Å². The van der Waals surface area contributed by atoms with Gasteiger partial charge in [-0.05, 0) is 0 Å². The van der Waals surface area contributed by atoms with Crippen LogP contribution in [0, 0.1) is 0 Å². The van der Waals surface area contributed by atoms with Gasteiger partial charge < -0.3 is 19.7 Å². The van der Waals surface area contributed by atoms with Gasteiger partial charge in [-0.15, -0.1) is 0 Å². The summed E-state index contributed by atoms with van der Waals surface area (Å²) in [6, 6.07) is 0. The monoisotopic (exact) mass is 134 g/mol. The molecule has 54 valence electrons. The van der Waals surface area contributed by atoms with E-state index in [0.29, 0.717) is 13.2 Å². The molecular weight excluding hydrogens is 124 g/mol. The minimum atomic E-state index is -0.896. The van der Waals surface area contributed by atoms with E-state index in [1.54, 1.807) is 0 Å². The lowest BCUT2D eigenvalue weighted by atomic mass is 10.4. The highest BCUT2D eigenvalue weighted by Gasteiger charge is 2.23. The first-order chi connectivity index (χ1) is 4.34. The summed E-state index contributed by atoms with van der Waals surface area (Å²) in [4.78, 5) is 0. The molecule has 1 saturated heterocycles. The number of hydrogen-bond donors (Lipinski definition) is 2. The van der Waals surface area contributed by atoms with Gasteiger partial charge in [0.05, 0.1) is 19.8 Å². The van der Waals surface area contributed by atoms with Crippen molar-refractivity contribution in [3.05, 3.63) is 0 Å². The van der Waals surface area contributed by atoms with E-state index < -0.39 is 12.4 Å². The summed E-state index contributed by atoms with van der Waals surface area (Å²) in [6.45, 7) is 0.689. The van der Waals surface area contributed by atoms with E-state index >= 15 is 0 Å². The maximum atomic E-state index is 8.86. The number of ether oxygens (including phenoxy) is 2. The Morgan fingerprint density at radius 1 is 1.44 bits per heavy atom. The highest BCUT2D eigenvalue weighted by Crippen LogP contribution is 2.07. The number of hydrogen-bond acceptors (Lipinski definition) is 4. The van der Waals surface area contributed by atoms with Gasteiger partial charge in [0.2, 0.25) is 0 Å². The average Bonchev–Trinajstić information content (AvgIpc) is 2.37. The van der Waals surface area contributed by atoms with Crippen molar-refractivity contribution < 1.29 is 19.7 Å². The Balaban J connectivity index is 2.24. The first-order valence-electron chi connectivity index (χ1n) is 2.86. The third kappa shape index (κ3) is 1.62. The van der Waals surface area contributed by atoms with Crippen molar-refractivity contribution in [2.75, 3.05) is 19.8 Å². The Morgan fingerprint density at radius 3 is 2.44 bits per heavy atom. The van der Waals surface area contributed by atoms with E-state index in [0.717, 1.165) is 0 Å². The van der Waals surface area contributed by atoms with E-state index in [1.807, 2.05) is 0 Å². The van der Waals surface area contributed by atoms with Gasteiger partial charge in [0.1, 0.15) is 6.10 Å². The molecule has 1 rings (SSSR count). The van der Waals surface area contributed by atoms with Gasteiger partial charge in [-0.2, -0.15) is 0 Å². The molecule has 1 aliphatic rings. The van der Waals surface area contributed by atoms with Gasteiger partial charge in [-0.25, -0.2) is 0 Å². The molecule has 0 radical (unpaired) electrons. The van der Waals surface area contributed by atoms with Crippen LogP contribution >= 0.6 is 0 Å². The molecule has 0 aromatic carbocycles. The summed E-state index contributed by atoms with van der Waals surface area (Å²) in [5.74, 6) is 0. The second-order valence-corrected chi connectivity index (χ2v) is 1.86. The van der Waals surface area contributed by atoms with Crippen molar-refractivity contribution in [1.29, 1.82) is 0 Å². The molecule has 0 saturated carbocycles. The summed E-state index contributed by atoms with van der Waals surface area (Å²) in [6.07, 6.45) is -1.51. The fourth-order valence-corrected chi connectivity index (χ4v) is 0.685. The largest absolute Gasteiger partial charge is 0.393 e. The van der Waals surface area contributed by atoms with Crippen LogP contribution in [0.5, 0.6) is 0 Å². The molecule has 2 N–H and O–H groups in total. The molecule has 1 atom stereocenters. The lowest BCUT2D eigenvalue weighted by Crippen LogP contribution is -2.29. The van der Waals surface area contributed by atoms with Gasteiger partial charge in [-0.3, -0.25) is 0 Å². The number of aliphatic hydroxyl groups excluding tert-OH is 2. The predicted octanol–water partition coefficient (Wildman–Crippen LogP) is -1.29. The van der Waals surface area contributed by atoms with Crippen LogP contribution in [-0.2, 0) is 9.47 Å². The van der Waals surface area contributed by atoms with Crippen molar-refractivity contribution in [2.45, 2.75) is 12.4 Å². The Kier molecular flexibility index (Phi) is 2.41. The van der Waals surface area contributed by atoms with E-state index in [-0.39, 0.29) is 6.61 Å². The molecule has 9 heavy (non-hydrogen) atoms. The van der Waals surface area contributed by atoms with Crippen LogP contribution in [-0.4, -0.2) is 42.4 Å². The van der Waals surface area contributed by atoms with Crippen LogP contribution < -0.4 is 0 Å². The highest BCUT2D eigenvalue weighted by atomic mass is 16.7. The molecule has 0 unspecified atom stereocenters. The lowest BCUT2D eigenvalue weighted by molar-refractivity contribution is -0.132. The van der Waals surface area contributed by atoms with Crippen LogP contribution in [0.2, 0.25) is 0 Å². The fraction of sp³-hybridized carbons (Fsp3) is 1.00. The van der Waals surface area contributed by atoms with Gasteiger partial charge >= 0.3 is 0 Å². The maximum Gasteiger partial charge on any atom is 0.185 e. The molecule has 0 amide bonds. The molecule has 0 aliphatic carbocycles. The molecule has 0 aromatic heterocycles. The van der Waals surface area contributed by atoms with Crippen LogP contribution in [0.3, 0.4) is 0 Å². The van der Waals surface area contributed by atoms with Crippen LogP contribution in [0.25, 0.3) is 0 Å². The SMILES string of the molecule is OC[C@H](O)C1OCCO1. The Hall–Kier alpha value is -0.160. The predicted molar refractivity (Wildman–Crippen MR) is 28.8 cm³/mol. The third-order valence-electron chi connectivity index (χ3n) is 1.15. The number of aliphatic hydroxyl groups is 2. The van der Waals surface area contributed by atoms with Gasteiger partial charge in [0, 0.05) is 0 Å². The normalized spacial score (nSPS) is 24.7. The Morgan fingerprint density at radius 2 is 2.00 bits per heavy atom. The zero-order valence-electron chi connectivity index (χ0n) is 4.99. The summed E-state index contributed by atoms with van der Waals surface area (Å²) >= 11 is 0. The van der Waals surface area contributed by atoms with Gasteiger partial charge in [-0.1, -0.05) is 0 Å². The van der Waals surface area contributed by atoms with Crippen molar-refractivity contribution in [1.82, 2.24) is 0 Å². The fourth-order valence-electron chi connectivity index (χ4n) is 0.685. The van der Waals surface area contributed by atoms with E-state index in [4.69, 9.17) is 19.7 Å². The molecule has 0 aromatic rings. The molecule has 1 aliphatic heterocycles. The summed E-state index contributed by atoms with van der Waals surface area (Å²) in [7, 11) is 0. The smallest absolute Gasteiger partial charge is 0.185 e. The van der Waals surface area contributed by atoms with Crippen LogP contribution in [0.4, 0.5) is 0 Å². The second-order valence-electron chi connectivity index (χ2n) is 1.86. The van der Waals surface area contributed by atoms with E-state index in [2.05, 4.69) is 0 Å². The minimum Gasteiger partial charge on any atom is -0.393 e. The lowest BCUT2D eigenvalue weighted by Gasteiger charge is -2.12. The van der Waals surface area contributed by atoms with E-state index in [9.17, 15) is 0 Å². The molecule has 4 heteroatoms. The summed E-state index contributed by atoms with van der Waals surface area (Å²) in [5, 5.41) is 17.2. The van der Waals surface area contributed by atoms with Gasteiger partial charge in [0.25, 0.3) is 0 Å². The average molecular weight is 134 g/mol. The molecule has 0 spiro atoms. The zero-order valence-corrected chi connectivity index (χ0v) is 4.99. The molecule has 1 heterocycles. The topological polar surface area (TPSA) is 58.9 Å². The summed E-state index contributed by atoms with van der Waals surface area (Å²) in [5.41, 5.74) is 0. The maximum absolute atomic E-state index is 8.86. The first-order valence-corrected chi connectivity index (χ1v) is 2.86. The van der Waals surface area contributed by atoms with Crippen LogP contribution in [0.1, 0.15) is 0 Å². The standard InChI is InChI=1S/C5H10O4/c6-3-4(7)5-8-1-2-9-5/h4-7H,1-3H2/t4-/m0/s1. The van der Waals surface area contributed by atoms with Crippen molar-refractivity contribution in [3.63, 3.8) is 0 Å². The molecular formula is C5H10O4. The summed E-state index contributed by atoms with van der Waals surface area (Å²) < 4.78 is 9.75. The van der Waals surface area contributed by atoms with E-state index in [1.165, 1.54) is 0 Å². The molecule has 4 nitrogen and oxygen atoms in total. The Bertz CT molecular complexity index is 79.0. The second kappa shape index (κ2) is 3.12. The molecule has 1 fully saturated rings. The quantitative estimate of drug-likeness (QED) is 0.493. The van der Waals surface area contributed by atoms with Crippen LogP contribution in [0.15, 0.2) is 0 Å². The van der Waals surface area contributed by atoms with Gasteiger partial charge in [0.15, 0.2) is 6.29 Å². The minimum absolute atomic E-state index is 0.315. The first kappa shape index (κ1) is 6.95. The van der Waals surface area contributed by atoms with Crippen molar-refractivity contribution >= 4 is 0 Å². The van der Waals surface area contributed by atoms with Crippen molar-refractivity contribution in [2.24, 2.45) is 0 Å². The molecule has 0 bridgehead atoms. The Labute approximate surface area is 53.0 Å². The highest BCUT2D eigenvalue weighted by molar-refractivity contribution is 4.61. The third-order valence-corrected chi connectivity index (χ3v) is 1.15.